The number of fused-ring (bicyclic) bond motifs is 2. The van der Waals surface area contributed by atoms with E-state index >= 15 is 0 Å². The van der Waals surface area contributed by atoms with Crippen LogP contribution in [0.4, 0.5) is 5.69 Å². The van der Waals surface area contributed by atoms with E-state index in [2.05, 4.69) is 4.90 Å². The Morgan fingerprint density at radius 1 is 1.25 bits per heavy atom. The summed E-state index contributed by atoms with van der Waals surface area (Å²) in [4.78, 5) is 25.3. The van der Waals surface area contributed by atoms with Gasteiger partial charge >= 0.3 is 0 Å². The van der Waals surface area contributed by atoms with Crippen molar-refractivity contribution in [2.24, 2.45) is 11.0 Å². The van der Waals surface area contributed by atoms with E-state index < -0.39 is 4.92 Å². The minimum Gasteiger partial charge on any atom is -0.293 e. The van der Waals surface area contributed by atoms with E-state index in [-0.39, 0.29) is 23.7 Å². The standard InChI is InChI=1S/C17H20N4O3/c1-2-14(22)20-16(12-3-5-13(6-4-12)21(23)24)17-15(18-20)11-7-9-19(17)10-8-11/h3-6,11,16-17H,2,7-10H2,1H3/t16-,17-/m1/s1. The zero-order valence-electron chi connectivity index (χ0n) is 13.6. The van der Waals surface area contributed by atoms with Crippen LogP contribution in [0.15, 0.2) is 29.4 Å². The van der Waals surface area contributed by atoms with Gasteiger partial charge in [-0.2, -0.15) is 5.10 Å². The Morgan fingerprint density at radius 3 is 2.50 bits per heavy atom. The summed E-state index contributed by atoms with van der Waals surface area (Å²) in [6, 6.07) is 6.50. The Kier molecular flexibility index (Phi) is 3.60. The maximum Gasteiger partial charge on any atom is 0.269 e. The summed E-state index contributed by atoms with van der Waals surface area (Å²) in [6.45, 7) is 3.91. The Morgan fingerprint density at radius 2 is 1.92 bits per heavy atom. The summed E-state index contributed by atoms with van der Waals surface area (Å²) >= 11 is 0. The molecule has 0 N–H and O–H groups in total. The number of rotatable bonds is 3. The molecule has 0 spiro atoms. The lowest BCUT2D eigenvalue weighted by atomic mass is 9.78. The number of hydrogen-bond donors (Lipinski definition) is 0. The monoisotopic (exact) mass is 328 g/mol. The molecule has 2 atom stereocenters. The third-order valence-electron chi connectivity index (χ3n) is 5.43. The summed E-state index contributed by atoms with van der Waals surface area (Å²) in [5.41, 5.74) is 2.10. The molecule has 126 valence electrons. The van der Waals surface area contributed by atoms with Gasteiger partial charge in [-0.25, -0.2) is 5.01 Å². The van der Waals surface area contributed by atoms with Gasteiger partial charge in [0.15, 0.2) is 0 Å². The number of nitrogens with zero attached hydrogens (tertiary/aromatic N) is 4. The second-order valence-corrected chi connectivity index (χ2v) is 6.67. The first-order valence-electron chi connectivity index (χ1n) is 8.49. The first-order valence-corrected chi connectivity index (χ1v) is 8.49. The average molecular weight is 328 g/mol. The van der Waals surface area contributed by atoms with E-state index in [9.17, 15) is 14.9 Å². The molecule has 3 fully saturated rings. The van der Waals surface area contributed by atoms with Crippen LogP contribution >= 0.6 is 0 Å². The average Bonchev–Trinajstić information content (AvgIpc) is 3.04. The number of non-ortho nitro benzene ring substituents is 1. The number of carbonyl (C=O) groups excluding carboxylic acids is 1. The highest BCUT2D eigenvalue weighted by Crippen LogP contribution is 2.43. The van der Waals surface area contributed by atoms with Crippen LogP contribution in [0.3, 0.4) is 0 Å². The van der Waals surface area contributed by atoms with Crippen molar-refractivity contribution in [2.45, 2.75) is 38.3 Å². The number of hydrogen-bond acceptors (Lipinski definition) is 5. The molecule has 0 aliphatic carbocycles. The predicted octanol–water partition coefficient (Wildman–Crippen LogP) is 2.34. The highest BCUT2D eigenvalue weighted by atomic mass is 16.6. The lowest BCUT2D eigenvalue weighted by Crippen LogP contribution is -2.56. The van der Waals surface area contributed by atoms with E-state index in [4.69, 9.17) is 5.10 Å². The number of nitro groups is 1. The maximum atomic E-state index is 12.4. The van der Waals surface area contributed by atoms with Crippen LogP contribution < -0.4 is 0 Å². The molecule has 4 aliphatic heterocycles. The highest BCUT2D eigenvalue weighted by Gasteiger charge is 2.50. The molecule has 1 aromatic carbocycles. The first kappa shape index (κ1) is 15.3. The molecular formula is C17H20N4O3. The predicted molar refractivity (Wildman–Crippen MR) is 88.5 cm³/mol. The Hall–Kier alpha value is -2.28. The van der Waals surface area contributed by atoms with Crippen molar-refractivity contribution in [1.82, 2.24) is 9.91 Å². The summed E-state index contributed by atoms with van der Waals surface area (Å²) in [5.74, 6) is 0.469. The van der Waals surface area contributed by atoms with E-state index in [1.54, 1.807) is 17.1 Å². The molecule has 2 bridgehead atoms. The summed E-state index contributed by atoms with van der Waals surface area (Å²) in [7, 11) is 0. The summed E-state index contributed by atoms with van der Waals surface area (Å²) in [5, 5.41) is 17.2. The summed E-state index contributed by atoms with van der Waals surface area (Å²) < 4.78 is 0. The minimum absolute atomic E-state index is 0.000790. The van der Waals surface area contributed by atoms with Gasteiger partial charge in [0.05, 0.1) is 16.7 Å². The van der Waals surface area contributed by atoms with Gasteiger partial charge in [-0.05, 0) is 43.6 Å². The molecule has 0 saturated carbocycles. The third-order valence-corrected chi connectivity index (χ3v) is 5.43. The van der Waals surface area contributed by atoms with Crippen molar-refractivity contribution >= 4 is 17.3 Å². The number of nitro benzene ring substituents is 1. The van der Waals surface area contributed by atoms with Gasteiger partial charge < -0.3 is 0 Å². The summed E-state index contributed by atoms with van der Waals surface area (Å²) in [6.07, 6.45) is 2.62. The fraction of sp³-hybridized carbons (Fsp3) is 0.529. The topological polar surface area (TPSA) is 79.0 Å². The smallest absolute Gasteiger partial charge is 0.269 e. The van der Waals surface area contributed by atoms with Crippen LogP contribution in [0.25, 0.3) is 0 Å². The van der Waals surface area contributed by atoms with Crippen LogP contribution in [0, 0.1) is 16.0 Å². The molecule has 0 unspecified atom stereocenters. The zero-order valence-corrected chi connectivity index (χ0v) is 13.6. The Bertz CT molecular complexity index is 707. The van der Waals surface area contributed by atoms with Gasteiger partial charge in [0.25, 0.3) is 5.69 Å². The molecule has 3 saturated heterocycles. The van der Waals surface area contributed by atoms with Crippen LogP contribution in [0.2, 0.25) is 0 Å². The number of amides is 1. The van der Waals surface area contributed by atoms with Crippen molar-refractivity contribution in [3.8, 4) is 0 Å². The highest BCUT2D eigenvalue weighted by molar-refractivity contribution is 5.97. The van der Waals surface area contributed by atoms with Crippen molar-refractivity contribution in [1.29, 1.82) is 0 Å². The van der Waals surface area contributed by atoms with Gasteiger partial charge in [-0.3, -0.25) is 19.8 Å². The molecule has 0 radical (unpaired) electrons. The first-order chi connectivity index (χ1) is 11.6. The van der Waals surface area contributed by atoms with E-state index in [1.165, 1.54) is 12.1 Å². The van der Waals surface area contributed by atoms with Crippen LogP contribution in [0.1, 0.15) is 37.8 Å². The molecule has 1 amide bonds. The Labute approximate surface area is 140 Å². The second kappa shape index (κ2) is 5.66. The zero-order chi connectivity index (χ0) is 16.8. The lowest BCUT2D eigenvalue weighted by molar-refractivity contribution is -0.384. The fourth-order valence-electron chi connectivity index (χ4n) is 4.21. The normalized spacial score (nSPS) is 30.9. The molecule has 7 heteroatoms. The van der Waals surface area contributed by atoms with Gasteiger partial charge in [0.1, 0.15) is 6.04 Å². The van der Waals surface area contributed by atoms with Crippen LogP contribution in [-0.4, -0.2) is 45.6 Å². The molecule has 4 heterocycles. The van der Waals surface area contributed by atoms with Crippen LogP contribution in [-0.2, 0) is 4.79 Å². The lowest BCUT2D eigenvalue weighted by Gasteiger charge is -2.46. The SMILES string of the molecule is CCC(=O)N1N=C2C3CCN(CC3)[C@H]2[C@H]1c1ccc([N+](=O)[O-])cc1. The number of carbonyl (C=O) groups is 1. The van der Waals surface area contributed by atoms with Crippen molar-refractivity contribution in [3.05, 3.63) is 39.9 Å². The van der Waals surface area contributed by atoms with Gasteiger partial charge in [-0.1, -0.05) is 6.92 Å². The number of benzene rings is 1. The van der Waals surface area contributed by atoms with Crippen molar-refractivity contribution < 1.29 is 9.72 Å². The van der Waals surface area contributed by atoms with Gasteiger partial charge in [-0.15, -0.1) is 0 Å². The van der Waals surface area contributed by atoms with Crippen molar-refractivity contribution in [2.75, 3.05) is 13.1 Å². The third kappa shape index (κ3) is 2.23. The second-order valence-electron chi connectivity index (χ2n) is 6.67. The molecule has 0 aromatic heterocycles. The molecule has 24 heavy (non-hydrogen) atoms. The molecule has 5 rings (SSSR count). The fourth-order valence-corrected chi connectivity index (χ4v) is 4.21. The van der Waals surface area contributed by atoms with Crippen molar-refractivity contribution in [3.63, 3.8) is 0 Å². The molecular weight excluding hydrogens is 308 g/mol. The quantitative estimate of drug-likeness (QED) is 0.630. The van der Waals surface area contributed by atoms with Crippen LogP contribution in [0.5, 0.6) is 0 Å². The maximum absolute atomic E-state index is 12.4. The molecule has 4 aliphatic rings. The van der Waals surface area contributed by atoms with E-state index in [1.807, 2.05) is 6.92 Å². The van der Waals surface area contributed by atoms with Gasteiger partial charge in [0.2, 0.25) is 5.91 Å². The van der Waals surface area contributed by atoms with E-state index in [0.717, 1.165) is 37.2 Å². The molecule has 7 nitrogen and oxygen atoms in total. The van der Waals surface area contributed by atoms with Gasteiger partial charge in [0, 0.05) is 24.5 Å². The largest absolute Gasteiger partial charge is 0.293 e. The molecule has 1 aromatic rings. The number of hydrazone groups is 1. The Balaban J connectivity index is 1.73. The number of piperidine rings is 3. The van der Waals surface area contributed by atoms with E-state index in [0.29, 0.717) is 12.3 Å². The minimum atomic E-state index is -0.401.